The second-order valence-electron chi connectivity index (χ2n) is 6.30. The van der Waals surface area contributed by atoms with E-state index in [4.69, 9.17) is 0 Å². The van der Waals surface area contributed by atoms with E-state index in [2.05, 4.69) is 79.7 Å². The third kappa shape index (κ3) is 2.26. The Balaban J connectivity index is 2.03. The van der Waals surface area contributed by atoms with E-state index >= 15 is 0 Å². The molecule has 3 heteroatoms. The van der Waals surface area contributed by atoms with Crippen molar-refractivity contribution in [2.24, 2.45) is 0 Å². The maximum Gasteiger partial charge on any atom is 0.0867 e. The number of benzene rings is 4. The Morgan fingerprint density at radius 2 is 1.36 bits per heavy atom. The second-order valence-corrected chi connectivity index (χ2v) is 9.73. The lowest BCUT2D eigenvalue weighted by Gasteiger charge is -2.14. The van der Waals surface area contributed by atoms with E-state index in [-0.39, 0.29) is 4.58 Å². The first-order valence-corrected chi connectivity index (χ1v) is 10.4. The number of rotatable bonds is 0. The van der Waals surface area contributed by atoms with E-state index in [0.29, 0.717) is 0 Å². The Hall–Kier alpha value is -2.10. The van der Waals surface area contributed by atoms with Crippen LogP contribution in [0.4, 0.5) is 0 Å². The fourth-order valence-corrected chi connectivity index (χ4v) is 6.46. The third-order valence-corrected chi connectivity index (χ3v) is 7.96. The van der Waals surface area contributed by atoms with Crippen LogP contribution in [0.2, 0.25) is 0 Å². The first kappa shape index (κ1) is 15.2. The van der Waals surface area contributed by atoms with Crippen molar-refractivity contribution < 1.29 is 4.21 Å². The quantitative estimate of drug-likeness (QED) is 0.370. The van der Waals surface area contributed by atoms with Gasteiger partial charge in [-0.2, -0.15) is 0 Å². The predicted octanol–water partition coefficient (Wildman–Crippen LogP) is 6.22. The van der Waals surface area contributed by atoms with Crippen molar-refractivity contribution in [3.63, 3.8) is 0 Å². The Morgan fingerprint density at radius 1 is 0.760 bits per heavy atom. The molecule has 25 heavy (non-hydrogen) atoms. The van der Waals surface area contributed by atoms with Gasteiger partial charge in [0.15, 0.2) is 0 Å². The van der Waals surface area contributed by atoms with Gasteiger partial charge < -0.3 is 0 Å². The predicted molar refractivity (Wildman–Crippen MR) is 109 cm³/mol. The van der Waals surface area contributed by atoms with E-state index in [1.54, 1.807) is 11.8 Å². The van der Waals surface area contributed by atoms with Crippen LogP contribution < -0.4 is 0 Å². The SMILES string of the molecule is C[C@@H]1Sc2ccc3ccccc3c2-c2c(ccc3ccccc23)S1=O. The molecule has 1 aliphatic heterocycles. The highest BCUT2D eigenvalue weighted by molar-refractivity contribution is 8.11. The molecule has 0 aromatic heterocycles. The van der Waals surface area contributed by atoms with Gasteiger partial charge >= 0.3 is 0 Å². The molecule has 4 aromatic carbocycles. The highest BCUT2D eigenvalue weighted by Gasteiger charge is 2.27. The molecule has 0 N–H and O–H groups in total. The average Bonchev–Trinajstić information content (AvgIpc) is 2.77. The average molecular weight is 361 g/mol. The summed E-state index contributed by atoms with van der Waals surface area (Å²) in [5, 5.41) is 4.83. The maximum absolute atomic E-state index is 13.2. The Morgan fingerprint density at radius 3 is 2.08 bits per heavy atom. The lowest BCUT2D eigenvalue weighted by Crippen LogP contribution is -2.05. The number of hydrogen-bond donors (Lipinski definition) is 0. The summed E-state index contributed by atoms with van der Waals surface area (Å²) in [6.45, 7) is 2.06. The van der Waals surface area contributed by atoms with Crippen molar-refractivity contribution >= 4 is 44.1 Å². The Bertz CT molecular complexity index is 1160. The lowest BCUT2D eigenvalue weighted by atomic mass is 9.94. The molecule has 0 amide bonds. The molecule has 1 aliphatic rings. The molecule has 122 valence electrons. The lowest BCUT2D eigenvalue weighted by molar-refractivity contribution is 0.683. The van der Waals surface area contributed by atoms with Gasteiger partial charge in [0, 0.05) is 20.9 Å². The number of hydrogen-bond acceptors (Lipinski definition) is 2. The fourth-order valence-electron chi connectivity index (χ4n) is 3.69. The van der Waals surface area contributed by atoms with Crippen LogP contribution >= 0.6 is 11.8 Å². The van der Waals surface area contributed by atoms with Crippen LogP contribution in [-0.2, 0) is 10.8 Å². The van der Waals surface area contributed by atoms with Gasteiger partial charge in [-0.3, -0.25) is 4.21 Å². The molecule has 0 fully saturated rings. The molecule has 1 unspecified atom stereocenters. The monoisotopic (exact) mass is 360 g/mol. The summed E-state index contributed by atoms with van der Waals surface area (Å²) in [7, 11) is -1.04. The van der Waals surface area contributed by atoms with E-state index in [1.165, 1.54) is 32.0 Å². The normalized spacial score (nSPS) is 19.4. The van der Waals surface area contributed by atoms with Crippen molar-refractivity contribution in [2.45, 2.75) is 21.3 Å². The zero-order chi connectivity index (χ0) is 17.0. The molecule has 0 bridgehead atoms. The second kappa shape index (κ2) is 5.72. The summed E-state index contributed by atoms with van der Waals surface area (Å²) in [5.74, 6) is 0. The number of fused-ring (bicyclic) bond motifs is 7. The van der Waals surface area contributed by atoms with E-state index in [1.807, 2.05) is 0 Å². The summed E-state index contributed by atoms with van der Waals surface area (Å²) in [4.78, 5) is 2.17. The summed E-state index contributed by atoms with van der Waals surface area (Å²) in [6.07, 6.45) is 0. The van der Waals surface area contributed by atoms with Gasteiger partial charge in [-0.05, 0) is 40.6 Å². The molecule has 0 aliphatic carbocycles. The zero-order valence-electron chi connectivity index (χ0n) is 13.7. The van der Waals surface area contributed by atoms with Gasteiger partial charge in [-0.1, -0.05) is 60.7 Å². The van der Waals surface area contributed by atoms with Crippen molar-refractivity contribution in [2.75, 3.05) is 0 Å². The summed E-state index contributed by atoms with van der Waals surface area (Å²) in [6, 6.07) is 25.4. The van der Waals surface area contributed by atoms with Crippen LogP contribution in [0.15, 0.2) is 82.6 Å². The van der Waals surface area contributed by atoms with Crippen molar-refractivity contribution in [1.29, 1.82) is 0 Å². The molecule has 4 aromatic rings. The first-order valence-electron chi connectivity index (χ1n) is 8.35. The van der Waals surface area contributed by atoms with E-state index in [0.717, 1.165) is 10.5 Å². The van der Waals surface area contributed by atoms with Crippen molar-refractivity contribution in [3.8, 4) is 11.1 Å². The standard InChI is InChI=1S/C22H16OS2/c1-14-24-19-12-10-15-6-2-4-8-17(15)21(19)22-18-9-5-3-7-16(18)11-13-20(22)25(14)23/h2-14H,1H3/t14-,25?/m1/s1. The Labute approximate surface area is 153 Å². The molecule has 0 saturated heterocycles. The summed E-state index contributed by atoms with van der Waals surface area (Å²) < 4.78 is 13.2. The molecule has 5 rings (SSSR count). The minimum absolute atomic E-state index is 0.0299. The van der Waals surface area contributed by atoms with Gasteiger partial charge in [0.05, 0.1) is 15.4 Å². The topological polar surface area (TPSA) is 17.1 Å². The van der Waals surface area contributed by atoms with Gasteiger partial charge in [-0.15, -0.1) is 11.8 Å². The van der Waals surface area contributed by atoms with E-state index < -0.39 is 10.8 Å². The Kier molecular flexibility index (Phi) is 3.47. The minimum atomic E-state index is -1.04. The number of thioether (sulfide) groups is 1. The van der Waals surface area contributed by atoms with E-state index in [9.17, 15) is 4.21 Å². The van der Waals surface area contributed by atoms with Crippen LogP contribution in [0.25, 0.3) is 32.7 Å². The van der Waals surface area contributed by atoms with Crippen LogP contribution in [0, 0.1) is 0 Å². The fraction of sp³-hybridized carbons (Fsp3) is 0.0909. The van der Waals surface area contributed by atoms with Gasteiger partial charge in [0.25, 0.3) is 0 Å². The van der Waals surface area contributed by atoms with Crippen LogP contribution in [-0.4, -0.2) is 8.79 Å². The molecule has 0 spiro atoms. The molecule has 0 saturated carbocycles. The third-order valence-electron chi connectivity index (χ3n) is 4.84. The minimum Gasteiger partial charge on any atom is -0.253 e. The molecule has 2 atom stereocenters. The van der Waals surface area contributed by atoms with Crippen LogP contribution in [0.5, 0.6) is 0 Å². The first-order chi connectivity index (χ1) is 12.2. The van der Waals surface area contributed by atoms with Crippen molar-refractivity contribution in [1.82, 2.24) is 0 Å². The largest absolute Gasteiger partial charge is 0.253 e. The molecular formula is C22H16OS2. The van der Waals surface area contributed by atoms with Gasteiger partial charge in [-0.25, -0.2) is 0 Å². The van der Waals surface area contributed by atoms with Crippen LogP contribution in [0.1, 0.15) is 6.92 Å². The summed E-state index contributed by atoms with van der Waals surface area (Å²) >= 11 is 1.72. The van der Waals surface area contributed by atoms with Gasteiger partial charge in [0.2, 0.25) is 0 Å². The molecular weight excluding hydrogens is 344 g/mol. The molecule has 0 radical (unpaired) electrons. The van der Waals surface area contributed by atoms with Crippen LogP contribution in [0.3, 0.4) is 0 Å². The smallest absolute Gasteiger partial charge is 0.0867 e. The molecule has 1 heterocycles. The summed E-state index contributed by atoms with van der Waals surface area (Å²) in [5.41, 5.74) is 2.37. The zero-order valence-corrected chi connectivity index (χ0v) is 15.4. The van der Waals surface area contributed by atoms with Crippen molar-refractivity contribution in [3.05, 3.63) is 72.8 Å². The molecule has 1 nitrogen and oxygen atoms in total. The maximum atomic E-state index is 13.2. The highest BCUT2D eigenvalue weighted by atomic mass is 32.2. The van der Waals surface area contributed by atoms with Gasteiger partial charge in [0.1, 0.15) is 0 Å². The highest BCUT2D eigenvalue weighted by Crippen LogP contribution is 2.48.